The molecule has 6 heteroatoms. The van der Waals surface area contributed by atoms with Crippen molar-refractivity contribution in [2.24, 2.45) is 0 Å². The van der Waals surface area contributed by atoms with E-state index in [9.17, 15) is 4.79 Å². The molecule has 0 aliphatic heterocycles. The van der Waals surface area contributed by atoms with Gasteiger partial charge in [0.25, 0.3) is 5.91 Å². The van der Waals surface area contributed by atoms with E-state index >= 15 is 0 Å². The Morgan fingerprint density at radius 1 is 1.20 bits per heavy atom. The fourth-order valence-electron chi connectivity index (χ4n) is 1.93. The lowest BCUT2D eigenvalue weighted by molar-refractivity contribution is 0.102. The number of benzene rings is 2. The van der Waals surface area contributed by atoms with Gasteiger partial charge in [-0.3, -0.25) is 9.89 Å². The molecule has 0 atom stereocenters. The van der Waals surface area contributed by atoms with E-state index in [1.165, 1.54) is 0 Å². The standard InChI is InChI=1S/C14H11BrN4O/c15-8-1-4-10(5-2-8)17-14(20)13-11-7-9(16)3-6-12(11)18-19-13/h1-7H,16H2,(H,17,20)(H,18,19). The molecule has 3 aromatic rings. The summed E-state index contributed by atoms with van der Waals surface area (Å²) < 4.78 is 0.952. The largest absolute Gasteiger partial charge is 0.399 e. The lowest BCUT2D eigenvalue weighted by atomic mass is 10.2. The first-order valence-corrected chi connectivity index (χ1v) is 6.73. The van der Waals surface area contributed by atoms with Crippen LogP contribution in [0, 0.1) is 0 Å². The van der Waals surface area contributed by atoms with Crippen molar-refractivity contribution < 1.29 is 4.79 Å². The van der Waals surface area contributed by atoms with Crippen LogP contribution in [-0.4, -0.2) is 16.1 Å². The van der Waals surface area contributed by atoms with E-state index < -0.39 is 0 Å². The molecule has 0 aliphatic carbocycles. The Kier molecular flexibility index (Phi) is 3.15. The van der Waals surface area contributed by atoms with Gasteiger partial charge in [0, 0.05) is 21.2 Å². The van der Waals surface area contributed by atoms with Crippen LogP contribution in [0.5, 0.6) is 0 Å². The number of amides is 1. The van der Waals surface area contributed by atoms with E-state index in [-0.39, 0.29) is 5.91 Å². The Morgan fingerprint density at radius 2 is 1.95 bits per heavy atom. The van der Waals surface area contributed by atoms with Crippen LogP contribution < -0.4 is 11.1 Å². The van der Waals surface area contributed by atoms with Crippen LogP contribution in [0.25, 0.3) is 10.9 Å². The second-order valence-corrected chi connectivity index (χ2v) is 5.25. The molecule has 0 saturated carbocycles. The van der Waals surface area contributed by atoms with Gasteiger partial charge < -0.3 is 11.1 Å². The molecule has 5 nitrogen and oxygen atoms in total. The first-order valence-electron chi connectivity index (χ1n) is 5.94. The Bertz CT molecular complexity index is 779. The summed E-state index contributed by atoms with van der Waals surface area (Å²) >= 11 is 3.35. The maximum atomic E-state index is 12.2. The average molecular weight is 331 g/mol. The summed E-state index contributed by atoms with van der Waals surface area (Å²) in [6.07, 6.45) is 0. The summed E-state index contributed by atoms with van der Waals surface area (Å²) in [6.45, 7) is 0. The number of hydrogen-bond acceptors (Lipinski definition) is 3. The summed E-state index contributed by atoms with van der Waals surface area (Å²) in [7, 11) is 0. The second-order valence-electron chi connectivity index (χ2n) is 4.34. The van der Waals surface area contributed by atoms with E-state index in [1.807, 2.05) is 24.3 Å². The molecule has 1 aromatic heterocycles. The van der Waals surface area contributed by atoms with Crippen molar-refractivity contribution in [2.45, 2.75) is 0 Å². The van der Waals surface area contributed by atoms with Crippen LogP contribution in [0.4, 0.5) is 11.4 Å². The zero-order valence-electron chi connectivity index (χ0n) is 10.4. The highest BCUT2D eigenvalue weighted by atomic mass is 79.9. The average Bonchev–Trinajstić information content (AvgIpc) is 2.84. The zero-order valence-corrected chi connectivity index (χ0v) is 11.9. The molecule has 1 heterocycles. The number of aromatic nitrogens is 2. The molecular weight excluding hydrogens is 320 g/mol. The van der Waals surface area contributed by atoms with E-state index in [2.05, 4.69) is 31.4 Å². The Labute approximate surface area is 123 Å². The minimum Gasteiger partial charge on any atom is -0.399 e. The van der Waals surface area contributed by atoms with E-state index in [4.69, 9.17) is 5.73 Å². The van der Waals surface area contributed by atoms with E-state index in [0.717, 1.165) is 9.99 Å². The first-order chi connectivity index (χ1) is 9.63. The normalized spacial score (nSPS) is 10.7. The van der Waals surface area contributed by atoms with Crippen LogP contribution in [0.1, 0.15) is 10.5 Å². The minimum absolute atomic E-state index is 0.274. The summed E-state index contributed by atoms with van der Waals surface area (Å²) in [5.74, 6) is -0.274. The van der Waals surface area contributed by atoms with Gasteiger partial charge in [0.2, 0.25) is 0 Å². The van der Waals surface area contributed by atoms with Crippen LogP contribution in [0.3, 0.4) is 0 Å². The summed E-state index contributed by atoms with van der Waals surface area (Å²) in [6, 6.07) is 12.6. The molecule has 2 aromatic carbocycles. The predicted molar refractivity (Wildman–Crippen MR) is 82.6 cm³/mol. The minimum atomic E-state index is -0.274. The summed E-state index contributed by atoms with van der Waals surface area (Å²) in [5, 5.41) is 10.4. The SMILES string of the molecule is Nc1ccc2[nH]nc(C(=O)Nc3ccc(Br)cc3)c2c1. The predicted octanol–water partition coefficient (Wildman–Crippen LogP) is 3.16. The second kappa shape index (κ2) is 4.97. The maximum Gasteiger partial charge on any atom is 0.276 e. The molecule has 0 unspecified atom stereocenters. The molecule has 20 heavy (non-hydrogen) atoms. The number of fused-ring (bicyclic) bond motifs is 1. The molecule has 4 N–H and O–H groups in total. The van der Waals surface area contributed by atoms with Crippen molar-refractivity contribution >= 4 is 44.1 Å². The molecule has 3 rings (SSSR count). The Hall–Kier alpha value is -2.34. The molecule has 100 valence electrons. The van der Waals surface area contributed by atoms with Crippen molar-refractivity contribution in [1.29, 1.82) is 0 Å². The smallest absolute Gasteiger partial charge is 0.276 e. The molecule has 0 radical (unpaired) electrons. The Balaban J connectivity index is 1.92. The number of carbonyl (C=O) groups is 1. The van der Waals surface area contributed by atoms with Gasteiger partial charge in [-0.15, -0.1) is 0 Å². The highest BCUT2D eigenvalue weighted by Crippen LogP contribution is 2.20. The van der Waals surface area contributed by atoms with Crippen molar-refractivity contribution in [3.63, 3.8) is 0 Å². The first kappa shape index (κ1) is 12.7. The number of hydrogen-bond donors (Lipinski definition) is 3. The molecule has 1 amide bonds. The molecular formula is C14H11BrN4O. The number of halogens is 1. The lowest BCUT2D eigenvalue weighted by Crippen LogP contribution is -2.12. The number of anilines is 2. The topological polar surface area (TPSA) is 83.8 Å². The number of nitrogen functional groups attached to an aromatic ring is 1. The quantitative estimate of drug-likeness (QED) is 0.631. The van der Waals surface area contributed by atoms with Gasteiger partial charge in [-0.2, -0.15) is 5.10 Å². The molecule has 0 bridgehead atoms. The molecule has 0 aliphatic rings. The molecule has 0 saturated heterocycles. The summed E-state index contributed by atoms with van der Waals surface area (Å²) in [4.78, 5) is 12.2. The van der Waals surface area contributed by atoms with Crippen molar-refractivity contribution in [2.75, 3.05) is 11.1 Å². The van der Waals surface area contributed by atoms with Gasteiger partial charge in [-0.1, -0.05) is 15.9 Å². The number of nitrogens with zero attached hydrogens (tertiary/aromatic N) is 1. The van der Waals surface area contributed by atoms with Crippen LogP contribution >= 0.6 is 15.9 Å². The third kappa shape index (κ3) is 2.37. The number of rotatable bonds is 2. The monoisotopic (exact) mass is 330 g/mol. The highest BCUT2D eigenvalue weighted by Gasteiger charge is 2.14. The third-order valence-corrected chi connectivity index (χ3v) is 3.43. The van der Waals surface area contributed by atoms with Crippen molar-refractivity contribution in [3.05, 3.63) is 52.6 Å². The number of nitrogens with two attached hydrogens (primary N) is 1. The van der Waals surface area contributed by atoms with Gasteiger partial charge in [0.15, 0.2) is 5.69 Å². The van der Waals surface area contributed by atoms with Crippen LogP contribution in [0.15, 0.2) is 46.9 Å². The van der Waals surface area contributed by atoms with Crippen LogP contribution in [0.2, 0.25) is 0 Å². The fourth-order valence-corrected chi connectivity index (χ4v) is 2.19. The number of nitrogens with one attached hydrogen (secondary N) is 2. The number of carbonyl (C=O) groups excluding carboxylic acids is 1. The highest BCUT2D eigenvalue weighted by molar-refractivity contribution is 9.10. The zero-order chi connectivity index (χ0) is 14.1. The fraction of sp³-hybridized carbons (Fsp3) is 0. The maximum absolute atomic E-state index is 12.2. The molecule has 0 spiro atoms. The van der Waals surface area contributed by atoms with E-state index in [0.29, 0.717) is 22.5 Å². The van der Waals surface area contributed by atoms with Crippen molar-refractivity contribution in [1.82, 2.24) is 10.2 Å². The van der Waals surface area contributed by atoms with Gasteiger partial charge in [0.1, 0.15) is 0 Å². The Morgan fingerprint density at radius 3 is 2.70 bits per heavy atom. The summed E-state index contributed by atoms with van der Waals surface area (Å²) in [5.41, 5.74) is 8.15. The van der Waals surface area contributed by atoms with Crippen LogP contribution in [-0.2, 0) is 0 Å². The third-order valence-electron chi connectivity index (χ3n) is 2.90. The van der Waals surface area contributed by atoms with Gasteiger partial charge in [0.05, 0.1) is 5.52 Å². The number of aromatic amines is 1. The molecule has 0 fully saturated rings. The van der Waals surface area contributed by atoms with Gasteiger partial charge in [-0.05, 0) is 42.5 Å². The lowest BCUT2D eigenvalue weighted by Gasteiger charge is -2.03. The van der Waals surface area contributed by atoms with Crippen molar-refractivity contribution in [3.8, 4) is 0 Å². The number of H-pyrrole nitrogens is 1. The van der Waals surface area contributed by atoms with Gasteiger partial charge in [-0.25, -0.2) is 0 Å². The van der Waals surface area contributed by atoms with Gasteiger partial charge >= 0.3 is 0 Å². The van der Waals surface area contributed by atoms with E-state index in [1.54, 1.807) is 18.2 Å².